The van der Waals surface area contributed by atoms with E-state index in [4.69, 9.17) is 14.0 Å². The van der Waals surface area contributed by atoms with Gasteiger partial charge >= 0.3 is 13.1 Å². The summed E-state index contributed by atoms with van der Waals surface area (Å²) in [6.07, 6.45) is 1.45. The maximum absolute atomic E-state index is 11.8. The number of carbonyl (C=O) groups is 1. The Morgan fingerprint density at radius 3 is 2.45 bits per heavy atom. The third kappa shape index (κ3) is 4.45. The van der Waals surface area contributed by atoms with Crippen molar-refractivity contribution in [3.63, 3.8) is 0 Å². The molecule has 1 aliphatic heterocycles. The van der Waals surface area contributed by atoms with Gasteiger partial charge in [-0.05, 0) is 45.6 Å². The molecule has 1 aliphatic rings. The molecule has 1 aromatic carbocycles. The summed E-state index contributed by atoms with van der Waals surface area (Å²) in [5, 5.41) is 13.1. The molecule has 2 heterocycles. The first-order valence-corrected chi connectivity index (χ1v) is 10.2. The Hall–Kier alpha value is -2.41. The van der Waals surface area contributed by atoms with Crippen LogP contribution in [-0.2, 0) is 14.0 Å². The number of aromatic nitrogens is 1. The third-order valence-corrected chi connectivity index (χ3v) is 6.08. The van der Waals surface area contributed by atoms with Crippen molar-refractivity contribution >= 4 is 35.0 Å². The van der Waals surface area contributed by atoms with Crippen molar-refractivity contribution in [1.29, 1.82) is 5.26 Å². The van der Waals surface area contributed by atoms with Crippen molar-refractivity contribution in [2.75, 3.05) is 11.9 Å². The van der Waals surface area contributed by atoms with Gasteiger partial charge in [0.1, 0.15) is 10.9 Å². The van der Waals surface area contributed by atoms with Crippen LogP contribution in [0.2, 0.25) is 0 Å². The molecule has 0 aliphatic carbocycles. The van der Waals surface area contributed by atoms with Crippen molar-refractivity contribution in [1.82, 2.24) is 4.98 Å². The molecule has 1 unspecified atom stereocenters. The fraction of sp³-hybridized carbons (Fsp3) is 0.450. The number of nitriles is 1. The summed E-state index contributed by atoms with van der Waals surface area (Å²) in [5.41, 5.74) is 0.854. The Bertz CT molecular complexity index is 905. The van der Waals surface area contributed by atoms with Crippen molar-refractivity contribution in [3.05, 3.63) is 40.9 Å². The second-order valence-electron chi connectivity index (χ2n) is 7.71. The fourth-order valence-corrected chi connectivity index (χ4v) is 3.51. The molecule has 3 rings (SSSR count). The number of nitrogens with one attached hydrogen (secondary N) is 1. The van der Waals surface area contributed by atoms with Crippen LogP contribution in [0.15, 0.2) is 30.5 Å². The van der Waals surface area contributed by atoms with Crippen molar-refractivity contribution in [2.45, 2.75) is 51.9 Å². The molecule has 0 spiro atoms. The second kappa shape index (κ2) is 8.15. The lowest BCUT2D eigenvalue weighted by atomic mass is 9.78. The lowest BCUT2D eigenvalue weighted by molar-refractivity contribution is 0.00578. The predicted octanol–water partition coefficient (Wildman–Crippen LogP) is 3.30. The molecule has 1 saturated heterocycles. The Morgan fingerprint density at radius 1 is 1.28 bits per heavy atom. The molecule has 0 bridgehead atoms. The normalized spacial score (nSPS) is 18.1. The van der Waals surface area contributed by atoms with E-state index in [9.17, 15) is 10.1 Å². The molecule has 1 aromatic heterocycles. The molecule has 1 N–H and O–H groups in total. The number of ether oxygens (including phenoxy) is 1. The van der Waals surface area contributed by atoms with Gasteiger partial charge in [-0.3, -0.25) is 0 Å². The summed E-state index contributed by atoms with van der Waals surface area (Å²) in [5.74, 6) is -0.418. The summed E-state index contributed by atoms with van der Waals surface area (Å²) in [4.78, 5) is 16.3. The minimum Gasteiger partial charge on any atom is -0.462 e. The lowest BCUT2D eigenvalue weighted by Crippen LogP contribution is -2.41. The van der Waals surface area contributed by atoms with E-state index in [-0.39, 0.29) is 0 Å². The van der Waals surface area contributed by atoms with Crippen LogP contribution < -0.4 is 10.8 Å². The molecule has 0 amide bonds. The van der Waals surface area contributed by atoms with Crippen molar-refractivity contribution < 1.29 is 18.8 Å². The van der Waals surface area contributed by atoms with Gasteiger partial charge in [-0.15, -0.1) is 0 Å². The highest BCUT2D eigenvalue weighted by atomic mass is 32.1. The summed E-state index contributed by atoms with van der Waals surface area (Å²) in [6.45, 7) is 10.1. The van der Waals surface area contributed by atoms with Crippen LogP contribution in [0, 0.1) is 11.3 Å². The number of hydrogen-bond acceptors (Lipinski definition) is 8. The number of nitrogens with zero attached hydrogens (tertiary/aromatic N) is 2. The first kappa shape index (κ1) is 21.3. The standard InChI is InChI=1S/C20H24BN3O4S/c1-6-26-17(25)16-12-23-18(29-16)24-15(11-22)13-7-9-14(10-8-13)21-27-19(2,3)20(4,5)28-21/h7-10,12,15H,6H2,1-5H3,(H,23,24). The van der Waals surface area contributed by atoms with Crippen LogP contribution in [0.25, 0.3) is 0 Å². The largest absolute Gasteiger partial charge is 0.494 e. The average molecular weight is 413 g/mol. The molecule has 29 heavy (non-hydrogen) atoms. The number of benzene rings is 1. The van der Waals surface area contributed by atoms with Gasteiger partial charge in [-0.1, -0.05) is 35.6 Å². The maximum atomic E-state index is 11.8. The molecule has 0 radical (unpaired) electrons. The van der Waals surface area contributed by atoms with Gasteiger partial charge in [0.05, 0.1) is 30.1 Å². The van der Waals surface area contributed by atoms with Gasteiger partial charge in [-0.2, -0.15) is 5.26 Å². The highest BCUT2D eigenvalue weighted by Crippen LogP contribution is 2.36. The fourth-order valence-electron chi connectivity index (χ4n) is 2.78. The predicted molar refractivity (Wildman–Crippen MR) is 112 cm³/mol. The second-order valence-corrected chi connectivity index (χ2v) is 8.74. The van der Waals surface area contributed by atoms with E-state index in [1.165, 1.54) is 6.20 Å². The molecule has 9 heteroatoms. The van der Waals surface area contributed by atoms with Gasteiger partial charge in [0.15, 0.2) is 5.13 Å². The van der Waals surface area contributed by atoms with Crippen LogP contribution in [-0.4, -0.2) is 35.9 Å². The van der Waals surface area contributed by atoms with Crippen LogP contribution >= 0.6 is 11.3 Å². The zero-order chi connectivity index (χ0) is 21.2. The smallest absolute Gasteiger partial charge is 0.462 e. The van der Waals surface area contributed by atoms with Crippen molar-refractivity contribution in [2.24, 2.45) is 0 Å². The first-order chi connectivity index (χ1) is 13.7. The molecule has 1 atom stereocenters. The van der Waals surface area contributed by atoms with Gasteiger partial charge < -0.3 is 19.4 Å². The molecule has 0 saturated carbocycles. The molecular weight excluding hydrogens is 389 g/mol. The maximum Gasteiger partial charge on any atom is 0.494 e. The molecule has 2 aromatic rings. The van der Waals surface area contributed by atoms with Gasteiger partial charge in [0.2, 0.25) is 0 Å². The number of esters is 1. The van der Waals surface area contributed by atoms with Gasteiger partial charge in [0, 0.05) is 0 Å². The minimum absolute atomic E-state index is 0.301. The Kier molecular flexibility index (Phi) is 5.99. The molecule has 7 nitrogen and oxygen atoms in total. The zero-order valence-electron chi connectivity index (χ0n) is 17.2. The van der Waals surface area contributed by atoms with E-state index in [0.717, 1.165) is 22.4 Å². The molecule has 1 fully saturated rings. The SMILES string of the molecule is CCOC(=O)c1cnc(NC(C#N)c2ccc(B3OC(C)(C)C(C)(C)O3)cc2)s1. The van der Waals surface area contributed by atoms with Crippen LogP contribution in [0.5, 0.6) is 0 Å². The van der Waals surface area contributed by atoms with E-state index in [0.29, 0.717) is 16.6 Å². The summed E-state index contributed by atoms with van der Waals surface area (Å²) in [6, 6.07) is 9.14. The first-order valence-electron chi connectivity index (χ1n) is 9.41. The minimum atomic E-state index is -0.608. The third-order valence-electron chi connectivity index (χ3n) is 5.17. The summed E-state index contributed by atoms with van der Waals surface area (Å²) in [7, 11) is -0.450. The summed E-state index contributed by atoms with van der Waals surface area (Å²) >= 11 is 1.15. The molecular formula is C20H24BN3O4S. The Balaban J connectivity index is 1.70. The summed E-state index contributed by atoms with van der Waals surface area (Å²) < 4.78 is 17.1. The van der Waals surface area contributed by atoms with E-state index < -0.39 is 30.3 Å². The monoisotopic (exact) mass is 413 g/mol. The van der Waals surface area contributed by atoms with Gasteiger partial charge in [-0.25, -0.2) is 9.78 Å². The quantitative estimate of drug-likeness (QED) is 0.574. The van der Waals surface area contributed by atoms with Crippen LogP contribution in [0.1, 0.15) is 55.9 Å². The van der Waals surface area contributed by atoms with E-state index in [1.807, 2.05) is 52.0 Å². The Morgan fingerprint density at radius 2 is 1.90 bits per heavy atom. The van der Waals surface area contributed by atoms with E-state index >= 15 is 0 Å². The van der Waals surface area contributed by atoms with Crippen LogP contribution in [0.3, 0.4) is 0 Å². The number of rotatable bonds is 6. The highest BCUT2D eigenvalue weighted by Gasteiger charge is 2.51. The van der Waals surface area contributed by atoms with E-state index in [1.54, 1.807) is 6.92 Å². The van der Waals surface area contributed by atoms with Crippen molar-refractivity contribution in [3.8, 4) is 6.07 Å². The number of hydrogen-bond donors (Lipinski definition) is 1. The number of anilines is 1. The zero-order valence-corrected chi connectivity index (χ0v) is 18.0. The number of carbonyl (C=O) groups excluding carboxylic acids is 1. The van der Waals surface area contributed by atoms with Crippen LogP contribution in [0.4, 0.5) is 5.13 Å². The van der Waals surface area contributed by atoms with Gasteiger partial charge in [0.25, 0.3) is 0 Å². The molecule has 152 valence electrons. The highest BCUT2D eigenvalue weighted by molar-refractivity contribution is 7.17. The Labute approximate surface area is 175 Å². The average Bonchev–Trinajstić information content (AvgIpc) is 3.22. The van der Waals surface area contributed by atoms with E-state index in [2.05, 4.69) is 16.4 Å². The topological polar surface area (TPSA) is 93.5 Å². The number of thiazole rings is 1. The lowest BCUT2D eigenvalue weighted by Gasteiger charge is -2.32.